The number of thiophene rings is 1. The second-order valence-corrected chi connectivity index (χ2v) is 10.8. The van der Waals surface area contributed by atoms with Crippen LogP contribution in [0.4, 0.5) is 14.9 Å². The Labute approximate surface area is 218 Å². The van der Waals surface area contributed by atoms with Crippen LogP contribution in [-0.2, 0) is 17.9 Å². The first-order valence-electron chi connectivity index (χ1n) is 11.9. The zero-order valence-corrected chi connectivity index (χ0v) is 21.9. The molecule has 3 amide bonds. The van der Waals surface area contributed by atoms with E-state index in [0.29, 0.717) is 18.8 Å². The normalized spacial score (nSPS) is 13.9. The molecule has 1 N–H and O–H groups in total. The third kappa shape index (κ3) is 7.39. The maximum absolute atomic E-state index is 13.6. The zero-order chi connectivity index (χ0) is 24.6. The second-order valence-electron chi connectivity index (χ2n) is 8.81. The molecule has 1 heterocycles. The predicted octanol–water partition coefficient (Wildman–Crippen LogP) is 7.05. The van der Waals surface area contributed by atoms with E-state index in [1.54, 1.807) is 33.3 Å². The van der Waals surface area contributed by atoms with E-state index in [2.05, 4.69) is 21.2 Å². The van der Waals surface area contributed by atoms with Crippen molar-refractivity contribution in [3.63, 3.8) is 0 Å². The first-order chi connectivity index (χ1) is 17.0. The van der Waals surface area contributed by atoms with Crippen LogP contribution in [0.2, 0.25) is 0 Å². The number of hydrogen-bond donors (Lipinski definition) is 1. The van der Waals surface area contributed by atoms with Gasteiger partial charge in [-0.15, -0.1) is 11.3 Å². The van der Waals surface area contributed by atoms with Crippen molar-refractivity contribution in [2.45, 2.75) is 51.2 Å². The van der Waals surface area contributed by atoms with E-state index in [4.69, 9.17) is 0 Å². The van der Waals surface area contributed by atoms with E-state index in [0.717, 1.165) is 47.0 Å². The number of hydrogen-bond acceptors (Lipinski definition) is 3. The smallest absolute Gasteiger partial charge is 0.322 e. The van der Waals surface area contributed by atoms with Gasteiger partial charge in [-0.3, -0.25) is 4.79 Å². The van der Waals surface area contributed by atoms with Gasteiger partial charge in [-0.2, -0.15) is 0 Å². The molecule has 1 saturated carbocycles. The molecule has 35 heavy (non-hydrogen) atoms. The van der Waals surface area contributed by atoms with Gasteiger partial charge in [0.15, 0.2) is 0 Å². The van der Waals surface area contributed by atoms with E-state index in [-0.39, 0.29) is 30.3 Å². The van der Waals surface area contributed by atoms with Crippen molar-refractivity contribution in [3.8, 4) is 0 Å². The summed E-state index contributed by atoms with van der Waals surface area (Å²) in [6, 6.07) is 17.3. The van der Waals surface area contributed by atoms with Crippen LogP contribution in [0.1, 0.15) is 42.5 Å². The molecule has 0 unspecified atom stereocenters. The van der Waals surface area contributed by atoms with Crippen LogP contribution < -0.4 is 5.32 Å². The van der Waals surface area contributed by atoms with Crippen LogP contribution in [0.3, 0.4) is 0 Å². The van der Waals surface area contributed by atoms with Gasteiger partial charge in [-0.05, 0) is 66.2 Å². The molecule has 0 bridgehead atoms. The van der Waals surface area contributed by atoms with Crippen molar-refractivity contribution in [3.05, 3.63) is 86.8 Å². The largest absolute Gasteiger partial charge is 0.332 e. The minimum absolute atomic E-state index is 0.000399. The van der Waals surface area contributed by atoms with Gasteiger partial charge in [0, 0.05) is 27.6 Å². The summed E-state index contributed by atoms with van der Waals surface area (Å²) in [4.78, 5) is 31.5. The molecule has 2 aromatic carbocycles. The first-order valence-corrected chi connectivity index (χ1v) is 13.5. The molecule has 184 valence electrons. The number of amides is 3. The fraction of sp³-hybridized carbons (Fsp3) is 0.333. The van der Waals surface area contributed by atoms with Crippen molar-refractivity contribution in [2.75, 3.05) is 11.9 Å². The van der Waals surface area contributed by atoms with Gasteiger partial charge in [0.1, 0.15) is 12.4 Å². The minimum atomic E-state index is -0.307. The molecule has 1 aliphatic rings. The molecular formula is C27H29BrFN3O2S. The van der Waals surface area contributed by atoms with Crippen LogP contribution in [0.25, 0.3) is 0 Å². The highest BCUT2D eigenvalue weighted by molar-refractivity contribution is 9.10. The summed E-state index contributed by atoms with van der Waals surface area (Å²) in [7, 11) is 0. The number of carbonyl (C=O) groups excluding carboxylic acids is 2. The second kappa shape index (κ2) is 12.3. The number of anilines is 1. The Morgan fingerprint density at radius 2 is 1.69 bits per heavy atom. The summed E-state index contributed by atoms with van der Waals surface area (Å²) in [5.41, 5.74) is 1.54. The topological polar surface area (TPSA) is 52.7 Å². The monoisotopic (exact) mass is 557 g/mol. The molecule has 0 radical (unpaired) electrons. The van der Waals surface area contributed by atoms with Gasteiger partial charge < -0.3 is 15.1 Å². The Balaban J connectivity index is 1.52. The van der Waals surface area contributed by atoms with Crippen molar-refractivity contribution in [1.82, 2.24) is 9.80 Å². The highest BCUT2D eigenvalue weighted by atomic mass is 79.9. The van der Waals surface area contributed by atoms with Crippen molar-refractivity contribution in [2.24, 2.45) is 0 Å². The number of carbonyl (C=O) groups is 2. The Bertz CT molecular complexity index is 1100. The summed E-state index contributed by atoms with van der Waals surface area (Å²) < 4.78 is 14.4. The fourth-order valence-corrected chi connectivity index (χ4v) is 5.35. The van der Waals surface area contributed by atoms with E-state index in [1.807, 2.05) is 41.8 Å². The number of halogens is 2. The Hall–Kier alpha value is -2.71. The molecule has 1 aliphatic carbocycles. The molecule has 1 fully saturated rings. The summed E-state index contributed by atoms with van der Waals surface area (Å²) >= 11 is 5.00. The number of rotatable bonds is 8. The average molecular weight is 559 g/mol. The number of nitrogens with one attached hydrogen (secondary N) is 1. The lowest BCUT2D eigenvalue weighted by Crippen LogP contribution is -2.49. The molecule has 0 saturated heterocycles. The standard InChI is InChI=1S/C27H29BrFN3O2S/c28-21-10-14-23(15-11-21)30-27(34)32(24-5-2-1-3-6-24)19-26(33)31(18-25-7-4-16-35-25)17-20-8-12-22(29)13-9-20/h4,7-16,24H,1-3,5-6,17-19H2,(H,30,34). The molecule has 3 aromatic rings. The predicted molar refractivity (Wildman–Crippen MR) is 142 cm³/mol. The third-order valence-corrected chi connectivity index (χ3v) is 7.63. The summed E-state index contributed by atoms with van der Waals surface area (Å²) in [5, 5.41) is 4.95. The number of benzene rings is 2. The van der Waals surface area contributed by atoms with Gasteiger partial charge in [-0.25, -0.2) is 9.18 Å². The van der Waals surface area contributed by atoms with Crippen molar-refractivity contribution >= 4 is 44.9 Å². The Morgan fingerprint density at radius 1 is 0.971 bits per heavy atom. The molecule has 4 rings (SSSR count). The first kappa shape index (κ1) is 25.4. The molecule has 1 aromatic heterocycles. The molecule has 5 nitrogen and oxygen atoms in total. The van der Waals surface area contributed by atoms with E-state index < -0.39 is 0 Å². The molecule has 0 aliphatic heterocycles. The number of nitrogens with zero attached hydrogens (tertiary/aromatic N) is 2. The fourth-order valence-electron chi connectivity index (χ4n) is 4.37. The summed E-state index contributed by atoms with van der Waals surface area (Å²) in [5.74, 6) is -0.433. The third-order valence-electron chi connectivity index (χ3n) is 6.24. The van der Waals surface area contributed by atoms with Crippen LogP contribution in [0.5, 0.6) is 0 Å². The zero-order valence-electron chi connectivity index (χ0n) is 19.5. The SMILES string of the molecule is O=C(CN(C(=O)Nc1ccc(Br)cc1)C1CCCCC1)N(Cc1ccc(F)cc1)Cc1cccs1. The lowest BCUT2D eigenvalue weighted by atomic mass is 9.94. The molecule has 0 spiro atoms. The van der Waals surface area contributed by atoms with Crippen molar-refractivity contribution in [1.29, 1.82) is 0 Å². The van der Waals surface area contributed by atoms with Crippen LogP contribution >= 0.6 is 27.3 Å². The van der Waals surface area contributed by atoms with Gasteiger partial charge in [0.25, 0.3) is 0 Å². The highest BCUT2D eigenvalue weighted by Crippen LogP contribution is 2.25. The van der Waals surface area contributed by atoms with Crippen LogP contribution in [-0.4, -0.2) is 34.3 Å². The maximum Gasteiger partial charge on any atom is 0.322 e. The highest BCUT2D eigenvalue weighted by Gasteiger charge is 2.29. The van der Waals surface area contributed by atoms with Crippen LogP contribution in [0.15, 0.2) is 70.5 Å². The Kier molecular flexibility index (Phi) is 8.93. The number of urea groups is 1. The lowest BCUT2D eigenvalue weighted by molar-refractivity contribution is -0.133. The maximum atomic E-state index is 13.6. The average Bonchev–Trinajstić information content (AvgIpc) is 3.38. The van der Waals surface area contributed by atoms with E-state index >= 15 is 0 Å². The molecule has 8 heteroatoms. The quantitative estimate of drug-likeness (QED) is 0.322. The lowest BCUT2D eigenvalue weighted by Gasteiger charge is -2.35. The summed E-state index contributed by atoms with van der Waals surface area (Å²) in [6.07, 6.45) is 5.04. The Morgan fingerprint density at radius 3 is 2.34 bits per heavy atom. The van der Waals surface area contributed by atoms with Gasteiger partial charge in [0.2, 0.25) is 5.91 Å². The van der Waals surface area contributed by atoms with Gasteiger partial charge >= 0.3 is 6.03 Å². The van der Waals surface area contributed by atoms with E-state index in [1.165, 1.54) is 12.1 Å². The minimum Gasteiger partial charge on any atom is -0.332 e. The van der Waals surface area contributed by atoms with E-state index in [9.17, 15) is 14.0 Å². The molecular weight excluding hydrogens is 529 g/mol. The van der Waals surface area contributed by atoms with Gasteiger partial charge in [-0.1, -0.05) is 53.4 Å². The molecule has 0 atom stereocenters. The van der Waals surface area contributed by atoms with Gasteiger partial charge in [0.05, 0.1) is 6.54 Å². The van der Waals surface area contributed by atoms with Crippen LogP contribution in [0, 0.1) is 5.82 Å². The van der Waals surface area contributed by atoms with Crippen molar-refractivity contribution < 1.29 is 14.0 Å². The summed E-state index contributed by atoms with van der Waals surface area (Å²) in [6.45, 7) is 0.796.